The smallest absolute Gasteiger partial charge is 0.206 e. The van der Waals surface area contributed by atoms with Gasteiger partial charge < -0.3 is 5.11 Å². The van der Waals surface area contributed by atoms with E-state index < -0.39 is 9.84 Å². The Hall–Kier alpha value is -1.96. The third kappa shape index (κ3) is 1.87. The van der Waals surface area contributed by atoms with Crippen LogP contribution in [0.1, 0.15) is 0 Å². The molecule has 0 bridgehead atoms. The predicted molar refractivity (Wildman–Crippen MR) is 54.4 cm³/mol. The number of aromatic amines is 1. The first-order valence-corrected chi connectivity index (χ1v) is 6.14. The van der Waals surface area contributed by atoms with Crippen molar-refractivity contribution in [1.29, 1.82) is 0 Å². The summed E-state index contributed by atoms with van der Waals surface area (Å²) >= 11 is 0. The van der Waals surface area contributed by atoms with Gasteiger partial charge in [-0.05, 0) is 23.4 Å². The van der Waals surface area contributed by atoms with E-state index in [-0.39, 0.29) is 22.0 Å². The van der Waals surface area contributed by atoms with Gasteiger partial charge in [0.2, 0.25) is 5.82 Å². The SMILES string of the molecule is CS(=O)(=O)c1ccc(O)cc1-c1nn[nH]n1. The van der Waals surface area contributed by atoms with Crippen molar-refractivity contribution in [2.24, 2.45) is 0 Å². The number of sulfone groups is 1. The molecule has 0 amide bonds. The molecule has 16 heavy (non-hydrogen) atoms. The number of hydrogen-bond acceptors (Lipinski definition) is 6. The summed E-state index contributed by atoms with van der Waals surface area (Å²) in [6.45, 7) is 0. The molecule has 2 rings (SSSR count). The van der Waals surface area contributed by atoms with E-state index in [1.54, 1.807) is 0 Å². The van der Waals surface area contributed by atoms with Gasteiger partial charge in [-0.15, -0.1) is 10.2 Å². The van der Waals surface area contributed by atoms with Crippen LogP contribution in [-0.4, -0.2) is 40.4 Å². The van der Waals surface area contributed by atoms with E-state index in [2.05, 4.69) is 20.6 Å². The highest BCUT2D eigenvalue weighted by molar-refractivity contribution is 7.90. The number of benzene rings is 1. The average molecular weight is 240 g/mol. The molecular weight excluding hydrogens is 232 g/mol. The van der Waals surface area contributed by atoms with Gasteiger partial charge in [0.1, 0.15) is 5.75 Å². The fraction of sp³-hybridized carbons (Fsp3) is 0.125. The minimum Gasteiger partial charge on any atom is -0.508 e. The maximum Gasteiger partial charge on any atom is 0.206 e. The summed E-state index contributed by atoms with van der Waals surface area (Å²) in [4.78, 5) is 0.0479. The molecule has 1 aromatic heterocycles. The number of aromatic hydroxyl groups is 1. The number of phenols is 1. The molecular formula is C8H8N4O3S. The lowest BCUT2D eigenvalue weighted by Gasteiger charge is -2.04. The first-order valence-electron chi connectivity index (χ1n) is 4.25. The lowest BCUT2D eigenvalue weighted by Crippen LogP contribution is -2.00. The number of tetrazole rings is 1. The standard InChI is InChI=1S/C8H8N4O3S/c1-16(14,15)7-3-2-5(13)4-6(7)8-9-11-12-10-8/h2-4,13H,1H3,(H,9,10,11,12). The third-order valence-electron chi connectivity index (χ3n) is 1.95. The molecule has 0 radical (unpaired) electrons. The number of phenolic OH excluding ortho intramolecular Hbond substituents is 1. The van der Waals surface area contributed by atoms with Gasteiger partial charge in [-0.3, -0.25) is 0 Å². The van der Waals surface area contributed by atoms with Crippen LogP contribution in [0.3, 0.4) is 0 Å². The molecule has 0 unspecified atom stereocenters. The third-order valence-corrected chi connectivity index (χ3v) is 3.10. The van der Waals surface area contributed by atoms with Gasteiger partial charge in [0.25, 0.3) is 0 Å². The summed E-state index contributed by atoms with van der Waals surface area (Å²) in [7, 11) is -3.41. The van der Waals surface area contributed by atoms with Crippen LogP contribution in [0, 0.1) is 0 Å². The molecule has 1 aromatic carbocycles. The Bertz CT molecular complexity index is 606. The largest absolute Gasteiger partial charge is 0.508 e. The van der Waals surface area contributed by atoms with E-state index in [0.717, 1.165) is 6.26 Å². The Labute approximate surface area is 91.0 Å². The maximum absolute atomic E-state index is 11.5. The topological polar surface area (TPSA) is 109 Å². The van der Waals surface area contributed by atoms with E-state index in [1.807, 2.05) is 0 Å². The van der Waals surface area contributed by atoms with Crippen molar-refractivity contribution in [3.63, 3.8) is 0 Å². The zero-order valence-corrected chi connectivity index (χ0v) is 9.06. The highest BCUT2D eigenvalue weighted by atomic mass is 32.2. The quantitative estimate of drug-likeness (QED) is 0.763. The molecule has 0 aliphatic carbocycles. The van der Waals surface area contributed by atoms with Crippen LogP contribution in [0.25, 0.3) is 11.4 Å². The monoisotopic (exact) mass is 240 g/mol. The van der Waals surface area contributed by atoms with Crippen molar-refractivity contribution in [1.82, 2.24) is 20.6 Å². The highest BCUT2D eigenvalue weighted by Gasteiger charge is 2.17. The van der Waals surface area contributed by atoms with E-state index in [0.29, 0.717) is 0 Å². The Morgan fingerprint density at radius 1 is 1.38 bits per heavy atom. The second kappa shape index (κ2) is 3.56. The van der Waals surface area contributed by atoms with Crippen LogP contribution in [0.5, 0.6) is 5.75 Å². The Kier molecular flexibility index (Phi) is 2.35. The molecule has 0 saturated heterocycles. The second-order valence-corrected chi connectivity index (χ2v) is 5.17. The van der Waals surface area contributed by atoms with Gasteiger partial charge in [0.05, 0.1) is 4.90 Å². The molecule has 7 nitrogen and oxygen atoms in total. The van der Waals surface area contributed by atoms with Crippen molar-refractivity contribution in [3.05, 3.63) is 18.2 Å². The molecule has 2 N–H and O–H groups in total. The highest BCUT2D eigenvalue weighted by Crippen LogP contribution is 2.27. The van der Waals surface area contributed by atoms with Gasteiger partial charge >= 0.3 is 0 Å². The number of nitrogens with zero attached hydrogens (tertiary/aromatic N) is 3. The van der Waals surface area contributed by atoms with Crippen LogP contribution in [0.15, 0.2) is 23.1 Å². The molecule has 0 spiro atoms. The van der Waals surface area contributed by atoms with Crippen molar-refractivity contribution in [2.75, 3.05) is 6.26 Å². The first kappa shape index (κ1) is 10.6. The lowest BCUT2D eigenvalue weighted by atomic mass is 10.2. The lowest BCUT2D eigenvalue weighted by molar-refractivity contribution is 0.475. The van der Waals surface area contributed by atoms with Gasteiger partial charge in [0.15, 0.2) is 9.84 Å². The summed E-state index contributed by atoms with van der Waals surface area (Å²) in [5.41, 5.74) is 0.219. The van der Waals surface area contributed by atoms with Crippen molar-refractivity contribution < 1.29 is 13.5 Å². The summed E-state index contributed by atoms with van der Waals surface area (Å²) in [6, 6.07) is 3.87. The van der Waals surface area contributed by atoms with Crippen molar-refractivity contribution >= 4 is 9.84 Å². The molecule has 0 fully saturated rings. The predicted octanol–water partition coefficient (Wildman–Crippen LogP) is -0.0242. The van der Waals surface area contributed by atoms with E-state index in [1.165, 1.54) is 18.2 Å². The maximum atomic E-state index is 11.5. The molecule has 84 valence electrons. The van der Waals surface area contributed by atoms with Crippen LogP contribution < -0.4 is 0 Å². The van der Waals surface area contributed by atoms with E-state index in [9.17, 15) is 13.5 Å². The summed E-state index contributed by atoms with van der Waals surface area (Å²) in [6.07, 6.45) is 1.07. The number of rotatable bonds is 2. The average Bonchev–Trinajstić information content (AvgIpc) is 2.68. The van der Waals surface area contributed by atoms with E-state index >= 15 is 0 Å². The molecule has 0 aliphatic heterocycles. The van der Waals surface area contributed by atoms with Gasteiger partial charge in [0, 0.05) is 11.8 Å². The molecule has 0 aliphatic rings. The number of H-pyrrole nitrogens is 1. The second-order valence-electron chi connectivity index (χ2n) is 3.19. The van der Waals surface area contributed by atoms with E-state index in [4.69, 9.17) is 0 Å². The van der Waals surface area contributed by atoms with Crippen LogP contribution in [-0.2, 0) is 9.84 Å². The fourth-order valence-corrected chi connectivity index (χ4v) is 2.16. The minimum absolute atomic E-state index is 0.0479. The molecule has 0 saturated carbocycles. The summed E-state index contributed by atoms with van der Waals surface area (Å²) < 4.78 is 23.0. The summed E-state index contributed by atoms with van der Waals surface area (Å²) in [5, 5.41) is 22.2. The Morgan fingerprint density at radius 2 is 2.12 bits per heavy atom. The minimum atomic E-state index is -3.41. The van der Waals surface area contributed by atoms with Crippen molar-refractivity contribution in [2.45, 2.75) is 4.90 Å². The number of nitrogens with one attached hydrogen (secondary N) is 1. The van der Waals surface area contributed by atoms with Crippen LogP contribution >= 0.6 is 0 Å². The van der Waals surface area contributed by atoms with Crippen molar-refractivity contribution in [3.8, 4) is 17.1 Å². The molecule has 2 aromatic rings. The van der Waals surface area contributed by atoms with Crippen LogP contribution in [0.4, 0.5) is 0 Å². The zero-order chi connectivity index (χ0) is 11.8. The zero-order valence-electron chi connectivity index (χ0n) is 8.25. The number of hydrogen-bond donors (Lipinski definition) is 2. The molecule has 0 atom stereocenters. The molecule has 8 heteroatoms. The van der Waals surface area contributed by atoms with Gasteiger partial charge in [-0.1, -0.05) is 0 Å². The Balaban J connectivity index is 2.73. The fourth-order valence-electron chi connectivity index (χ4n) is 1.29. The van der Waals surface area contributed by atoms with Gasteiger partial charge in [-0.2, -0.15) is 5.21 Å². The Morgan fingerprint density at radius 3 is 2.69 bits per heavy atom. The molecule has 1 heterocycles. The first-order chi connectivity index (χ1) is 7.48. The normalized spacial score (nSPS) is 11.6. The summed E-state index contributed by atoms with van der Waals surface area (Å²) in [5.74, 6) is 0.0588. The van der Waals surface area contributed by atoms with Gasteiger partial charge in [-0.25, -0.2) is 8.42 Å². The number of aromatic nitrogens is 4. The van der Waals surface area contributed by atoms with Crippen LogP contribution in [0.2, 0.25) is 0 Å².